The molecule has 3 aromatic rings. The molecule has 0 spiro atoms. The van der Waals surface area contributed by atoms with Crippen molar-refractivity contribution in [3.63, 3.8) is 0 Å². The lowest BCUT2D eigenvalue weighted by Gasteiger charge is -2.27. The smallest absolute Gasteiger partial charge is 0.318 e. The number of likely N-dealkylation sites (tertiary alicyclic amines) is 2. The molecule has 1 N–H and O–H groups in total. The first-order chi connectivity index (χ1) is 20.4. The van der Waals surface area contributed by atoms with Gasteiger partial charge in [0.1, 0.15) is 24.4 Å². The third-order valence-electron chi connectivity index (χ3n) is 9.73. The number of aryl methyl sites for hydroxylation is 1. The molecular formula is C33H37F2N5O2. The van der Waals surface area contributed by atoms with E-state index in [9.17, 15) is 9.18 Å². The molecular weight excluding hydrogens is 536 g/mol. The minimum Gasteiger partial charge on any atom is -0.462 e. The van der Waals surface area contributed by atoms with Gasteiger partial charge in [0.05, 0.1) is 11.6 Å². The number of nitrogens with zero attached hydrogens (tertiary/aromatic N) is 4. The summed E-state index contributed by atoms with van der Waals surface area (Å²) in [5, 5.41) is 3.98. The topological polar surface area (TPSA) is 70.6 Å². The summed E-state index contributed by atoms with van der Waals surface area (Å²) in [6, 6.07) is 9.57. The molecule has 3 fully saturated rings. The third kappa shape index (κ3) is 5.02. The van der Waals surface area contributed by atoms with Crippen LogP contribution in [0.2, 0.25) is 0 Å². The van der Waals surface area contributed by atoms with Gasteiger partial charge in [0.15, 0.2) is 0 Å². The van der Waals surface area contributed by atoms with Gasteiger partial charge in [-0.25, -0.2) is 8.78 Å². The van der Waals surface area contributed by atoms with Crippen LogP contribution in [0.3, 0.4) is 0 Å². The van der Waals surface area contributed by atoms with Crippen molar-refractivity contribution in [1.29, 1.82) is 0 Å². The molecule has 1 aromatic heterocycles. The first kappa shape index (κ1) is 27.3. The quantitative estimate of drug-likeness (QED) is 0.375. The molecule has 0 bridgehead atoms. The number of benzene rings is 2. The van der Waals surface area contributed by atoms with Crippen LogP contribution < -0.4 is 10.1 Å². The summed E-state index contributed by atoms with van der Waals surface area (Å²) in [6.45, 7) is 5.53. The van der Waals surface area contributed by atoms with Crippen molar-refractivity contribution in [1.82, 2.24) is 19.8 Å². The second kappa shape index (κ2) is 10.9. The fraction of sp³-hybridized carbons (Fsp3) is 0.485. The van der Waals surface area contributed by atoms with Crippen LogP contribution in [0, 0.1) is 17.7 Å². The summed E-state index contributed by atoms with van der Waals surface area (Å²) >= 11 is 0. The molecule has 2 aliphatic heterocycles. The number of carbonyl (C=O) groups excluding carboxylic acids is 1. The van der Waals surface area contributed by atoms with E-state index in [0.717, 1.165) is 44.2 Å². The molecule has 9 heteroatoms. The van der Waals surface area contributed by atoms with Gasteiger partial charge < -0.3 is 15.0 Å². The normalized spacial score (nSPS) is 26.6. The van der Waals surface area contributed by atoms with Crippen LogP contribution in [0.1, 0.15) is 36.8 Å². The van der Waals surface area contributed by atoms with Crippen LogP contribution in [-0.2, 0) is 17.6 Å². The van der Waals surface area contributed by atoms with Crippen LogP contribution in [0.25, 0.3) is 22.0 Å². The highest BCUT2D eigenvalue weighted by molar-refractivity contribution is 5.93. The van der Waals surface area contributed by atoms with Gasteiger partial charge in [-0.1, -0.05) is 24.8 Å². The summed E-state index contributed by atoms with van der Waals surface area (Å²) < 4.78 is 35.9. The van der Waals surface area contributed by atoms with Crippen molar-refractivity contribution in [2.45, 2.75) is 56.8 Å². The Labute approximate surface area is 245 Å². The molecule has 2 saturated heterocycles. The highest BCUT2D eigenvalue weighted by Crippen LogP contribution is 2.49. The number of carbonyl (C=O) groups is 1. The lowest BCUT2D eigenvalue weighted by molar-refractivity contribution is -0.127. The van der Waals surface area contributed by atoms with Gasteiger partial charge >= 0.3 is 6.01 Å². The summed E-state index contributed by atoms with van der Waals surface area (Å²) in [5.74, 6) is 1.05. The fourth-order valence-electron chi connectivity index (χ4n) is 7.35. The van der Waals surface area contributed by atoms with Gasteiger partial charge in [-0.2, -0.15) is 9.97 Å². The van der Waals surface area contributed by atoms with E-state index in [1.165, 1.54) is 23.3 Å². The molecule has 4 aliphatic rings. The Morgan fingerprint density at radius 2 is 2.02 bits per heavy atom. The van der Waals surface area contributed by atoms with Gasteiger partial charge in [-0.15, -0.1) is 0 Å². The van der Waals surface area contributed by atoms with Crippen LogP contribution in [0.15, 0.2) is 43.0 Å². The van der Waals surface area contributed by atoms with Crippen LogP contribution in [0.4, 0.5) is 14.6 Å². The van der Waals surface area contributed by atoms with E-state index in [1.54, 1.807) is 6.07 Å². The van der Waals surface area contributed by atoms with Gasteiger partial charge in [-0.05, 0) is 92.3 Å². The molecule has 1 saturated carbocycles. The molecule has 7 nitrogen and oxygen atoms in total. The van der Waals surface area contributed by atoms with Crippen LogP contribution >= 0.6 is 0 Å². The van der Waals surface area contributed by atoms with E-state index in [1.807, 2.05) is 29.0 Å². The van der Waals surface area contributed by atoms with Crippen molar-refractivity contribution in [2.75, 3.05) is 38.6 Å². The van der Waals surface area contributed by atoms with Crippen molar-refractivity contribution in [2.24, 2.45) is 11.8 Å². The number of nitrogens with one attached hydrogen (secondary N) is 1. The van der Waals surface area contributed by atoms with E-state index >= 15 is 4.39 Å². The number of hydrogen-bond acceptors (Lipinski definition) is 6. The molecule has 2 aromatic carbocycles. The maximum absolute atomic E-state index is 15.9. The number of alkyl halides is 1. The predicted octanol–water partition coefficient (Wildman–Crippen LogP) is 5.18. The number of halogens is 2. The summed E-state index contributed by atoms with van der Waals surface area (Å²) in [6.07, 6.45) is 6.19. The van der Waals surface area contributed by atoms with E-state index in [4.69, 9.17) is 9.72 Å². The maximum atomic E-state index is 15.9. The van der Waals surface area contributed by atoms with Crippen molar-refractivity contribution < 1.29 is 18.3 Å². The summed E-state index contributed by atoms with van der Waals surface area (Å²) in [7, 11) is 1.89. The Balaban J connectivity index is 1.24. The minimum atomic E-state index is -0.875. The molecule has 1 amide bonds. The van der Waals surface area contributed by atoms with Crippen LogP contribution in [-0.4, -0.2) is 77.2 Å². The maximum Gasteiger partial charge on any atom is 0.318 e. The molecule has 0 radical (unpaired) electrons. The molecule has 1 unspecified atom stereocenters. The molecule has 3 heterocycles. The highest BCUT2D eigenvalue weighted by Gasteiger charge is 2.53. The van der Waals surface area contributed by atoms with Gasteiger partial charge in [-0.3, -0.25) is 9.69 Å². The number of ether oxygens (including phenoxy) is 1. The highest BCUT2D eigenvalue weighted by atomic mass is 19.1. The lowest BCUT2D eigenvalue weighted by atomic mass is 9.85. The SMILES string of the molecule is C=CC(=O)N1C[C@@H]2CC2[C@H]1CNc1nc(OC[C@@H]2C[C@@H](F)CN2C)nc2cc(-c3cccc4c3CCCC4)c(F)cc12. The van der Waals surface area contributed by atoms with E-state index in [0.29, 0.717) is 53.6 Å². The average molecular weight is 574 g/mol. The number of rotatable bonds is 8. The average Bonchev–Trinajstić information content (AvgIpc) is 3.56. The minimum absolute atomic E-state index is 0.0171. The van der Waals surface area contributed by atoms with Gasteiger partial charge in [0.25, 0.3) is 0 Å². The zero-order valence-corrected chi connectivity index (χ0v) is 24.0. The second-order valence-electron chi connectivity index (χ2n) is 12.4. The Morgan fingerprint density at radius 1 is 1.17 bits per heavy atom. The molecule has 2 aliphatic carbocycles. The number of hydrogen-bond donors (Lipinski definition) is 1. The standard InChI is InChI=1S/C33H37F2N5O2/c1-3-31(41)40-16-20-11-25(20)30(40)15-36-32-27-13-28(35)26(24-10-6-8-19-7-4-5-9-23(19)24)14-29(27)37-33(38-32)42-18-22-12-21(34)17-39(22)2/h3,6,8,10,13-14,20-22,25,30H,1,4-5,7,9,11-12,15-18H2,2H3,(H,36,37,38)/t20-,21+,22-,25?,30+/m0/s1. The molecule has 7 rings (SSSR count). The first-order valence-corrected chi connectivity index (χ1v) is 15.2. The zero-order valence-electron chi connectivity index (χ0n) is 24.0. The van der Waals surface area contributed by atoms with Crippen molar-refractivity contribution in [3.8, 4) is 17.1 Å². The third-order valence-corrected chi connectivity index (χ3v) is 9.73. The number of amides is 1. The Bertz CT molecular complexity index is 1550. The summed E-state index contributed by atoms with van der Waals surface area (Å²) in [4.78, 5) is 25.7. The molecule has 42 heavy (non-hydrogen) atoms. The Hall–Kier alpha value is -3.59. The summed E-state index contributed by atoms with van der Waals surface area (Å²) in [5.41, 5.74) is 4.50. The predicted molar refractivity (Wildman–Crippen MR) is 159 cm³/mol. The number of likely N-dealkylation sites (N-methyl/N-ethyl adjacent to an activating group) is 1. The second-order valence-corrected chi connectivity index (χ2v) is 12.4. The number of anilines is 1. The Morgan fingerprint density at radius 3 is 2.83 bits per heavy atom. The number of aromatic nitrogens is 2. The van der Waals surface area contributed by atoms with Crippen molar-refractivity contribution in [3.05, 3.63) is 59.9 Å². The van der Waals surface area contributed by atoms with E-state index in [-0.39, 0.29) is 36.4 Å². The van der Waals surface area contributed by atoms with E-state index < -0.39 is 6.17 Å². The Kier molecular flexibility index (Phi) is 7.08. The monoisotopic (exact) mass is 573 g/mol. The molecule has 5 atom stereocenters. The van der Waals surface area contributed by atoms with Gasteiger partial charge in [0, 0.05) is 36.6 Å². The van der Waals surface area contributed by atoms with Crippen LogP contribution in [0.5, 0.6) is 6.01 Å². The van der Waals surface area contributed by atoms with Gasteiger partial charge in [0.2, 0.25) is 5.91 Å². The first-order valence-electron chi connectivity index (χ1n) is 15.2. The lowest BCUT2D eigenvalue weighted by Crippen LogP contribution is -2.41. The number of fused-ring (bicyclic) bond motifs is 3. The zero-order chi connectivity index (χ0) is 29.0. The molecule has 220 valence electrons. The number of piperidine rings is 1. The van der Waals surface area contributed by atoms with Crippen molar-refractivity contribution >= 4 is 22.6 Å². The fourth-order valence-corrected chi connectivity index (χ4v) is 7.35. The van der Waals surface area contributed by atoms with E-state index in [2.05, 4.69) is 22.9 Å². The largest absolute Gasteiger partial charge is 0.462 e.